The van der Waals surface area contributed by atoms with E-state index in [-0.39, 0.29) is 22.4 Å². The molecule has 0 saturated heterocycles. The lowest BCUT2D eigenvalue weighted by atomic mass is 9.61. The minimum Gasteiger partial charge on any atom is -0.567 e. The molecule has 1 heterocycles. The number of rotatable bonds is 5. The quantitative estimate of drug-likeness (QED) is 0.615. The van der Waals surface area contributed by atoms with Gasteiger partial charge in [-0.25, -0.2) is 0 Å². The van der Waals surface area contributed by atoms with Crippen LogP contribution in [0.5, 0.6) is 5.75 Å². The Labute approximate surface area is 175 Å². The van der Waals surface area contributed by atoms with Crippen LogP contribution < -0.4 is 21.0 Å². The molecular weight excluding hydrogens is 373 g/mol. The number of amides is 1. The average Bonchev–Trinajstić information content (AvgIpc) is 2.62. The summed E-state index contributed by atoms with van der Waals surface area (Å²) < 4.78 is 8.64. The smallest absolute Gasteiger partial charge is 0.378 e. The summed E-state index contributed by atoms with van der Waals surface area (Å²) in [6, 6.07) is 5.04. The summed E-state index contributed by atoms with van der Waals surface area (Å²) in [6.45, 7) is 1.80. The van der Waals surface area contributed by atoms with Gasteiger partial charge in [-0.2, -0.15) is 0 Å². The zero-order chi connectivity index (χ0) is 21.2. The Morgan fingerprint density at radius 2 is 1.86 bits per heavy atom. The van der Waals surface area contributed by atoms with Crippen molar-refractivity contribution in [3.8, 4) is 16.9 Å². The maximum Gasteiger partial charge on any atom is 0.378 e. The average molecular weight is 380 g/mol. The first-order valence-electron chi connectivity index (χ1n) is 7.57. The highest BCUT2D eigenvalue weighted by molar-refractivity contribution is 6.52. The maximum absolute atomic E-state index is 12.5. The van der Waals surface area contributed by atoms with Crippen LogP contribution in [0.1, 0.15) is 16.1 Å². The largest absolute Gasteiger partial charge is 0.567 e. The van der Waals surface area contributed by atoms with Crippen molar-refractivity contribution >= 4 is 82.0 Å². The van der Waals surface area contributed by atoms with Crippen molar-refractivity contribution in [1.29, 1.82) is 0 Å². The molecule has 6 nitrogen and oxygen atoms in total. The number of hydrogen-bond donors (Lipinski definition) is 1. The molecule has 0 fully saturated rings. The van der Waals surface area contributed by atoms with Crippen molar-refractivity contribution < 1.29 is 18.9 Å². The second-order valence-corrected chi connectivity index (χ2v) is 6.21. The number of nitrogens with one attached hydrogen (secondary N) is 1. The van der Waals surface area contributed by atoms with Gasteiger partial charge in [0.2, 0.25) is 0 Å². The van der Waals surface area contributed by atoms with Gasteiger partial charge >= 0.3 is 16.1 Å². The fraction of sp³-hybridized carbons (Fsp3) is 0.133. The van der Waals surface area contributed by atoms with Gasteiger partial charge < -0.3 is 14.6 Å². The van der Waals surface area contributed by atoms with Crippen LogP contribution in [0.25, 0.3) is 11.1 Å². The van der Waals surface area contributed by atoms with Gasteiger partial charge in [-0.15, -0.1) is 0 Å². The molecule has 1 aromatic heterocycles. The maximum atomic E-state index is 12.5. The molecule has 0 aliphatic rings. The second kappa shape index (κ2) is 8.43. The third kappa shape index (κ3) is 4.27. The summed E-state index contributed by atoms with van der Waals surface area (Å²) in [5.74, 6) is -2.70. The van der Waals surface area contributed by atoms with Gasteiger partial charge in [0, 0.05) is 5.02 Å². The minimum atomic E-state index is -2.45. The number of aryl methyl sites for hydroxylation is 1. The van der Waals surface area contributed by atoms with E-state index in [0.29, 0.717) is 10.6 Å². The number of carbonyl (C=O) groups is 2. The summed E-state index contributed by atoms with van der Waals surface area (Å²) in [6.07, 6.45) is 0. The molecule has 1 amide bonds. The summed E-state index contributed by atoms with van der Waals surface area (Å²) in [4.78, 5) is 27.9. The van der Waals surface area contributed by atoms with Crippen molar-refractivity contribution in [1.82, 2.24) is 10.3 Å². The van der Waals surface area contributed by atoms with Crippen molar-refractivity contribution in [2.75, 3.05) is 0 Å². The van der Waals surface area contributed by atoms with E-state index in [0.717, 1.165) is 5.56 Å². The normalized spacial score (nSPS) is 10.9. The molecule has 13 heteroatoms. The summed E-state index contributed by atoms with van der Waals surface area (Å²) in [5, 5.41) is -0.0654. The molecule has 2 rings (SSSR count). The van der Waals surface area contributed by atoms with Gasteiger partial charge in [-0.1, -0.05) is 17.7 Å². The summed E-state index contributed by atoms with van der Waals surface area (Å²) >= 11 is 6.04. The number of hydrogen-bond acceptors (Lipinski definition) is 5. The predicted molar refractivity (Wildman–Crippen MR) is 110 cm³/mol. The summed E-state index contributed by atoms with van der Waals surface area (Å²) in [5.41, 5.74) is 0.898. The van der Waals surface area contributed by atoms with Crippen LogP contribution in [-0.2, 0) is 9.45 Å². The van der Waals surface area contributed by atoms with Gasteiger partial charge in [0.05, 0.1) is 5.34 Å². The molecular formula is C15H7B6ClN2O4. The van der Waals surface area contributed by atoms with Crippen LogP contribution in [0.3, 0.4) is 0 Å². The van der Waals surface area contributed by atoms with Gasteiger partial charge in [-0.3, -0.25) is 14.6 Å². The molecule has 0 unspecified atom stereocenters. The van der Waals surface area contributed by atoms with E-state index in [9.17, 15) is 9.59 Å². The lowest BCUT2D eigenvalue weighted by Gasteiger charge is -2.26. The standard InChI is InChI=1S/C15H7B6ClN2O4/c1-5-2-3-6(22)4-7(5)8-9(16)11(27-20)10(23-12(8)17)13(25)24-15(18,19)14(26)28-21/h2-4H,1H3,(H,24,25). The second-order valence-electron chi connectivity index (χ2n) is 5.77. The van der Waals surface area contributed by atoms with E-state index < -0.39 is 22.9 Å². The zero-order valence-corrected chi connectivity index (χ0v) is 15.4. The highest BCUT2D eigenvalue weighted by Crippen LogP contribution is 2.26. The van der Waals surface area contributed by atoms with Gasteiger partial charge in [-0.05, 0) is 46.8 Å². The highest BCUT2D eigenvalue weighted by atomic mass is 35.5. The lowest BCUT2D eigenvalue weighted by Crippen LogP contribution is -2.56. The number of carbonyl (C=O) groups excluding carboxylic acids is 2. The first-order chi connectivity index (χ1) is 13.0. The first kappa shape index (κ1) is 22.1. The van der Waals surface area contributed by atoms with E-state index >= 15 is 0 Å². The topological polar surface area (TPSA) is 77.5 Å². The van der Waals surface area contributed by atoms with Crippen LogP contribution in [0.15, 0.2) is 18.2 Å². The van der Waals surface area contributed by atoms with Gasteiger partial charge in [0.15, 0.2) is 5.69 Å². The third-order valence-corrected chi connectivity index (χ3v) is 4.02. The molecule has 0 aliphatic heterocycles. The Balaban J connectivity index is 2.60. The number of benzene rings is 1. The molecule has 12 radical (unpaired) electrons. The number of pyridine rings is 1. The number of halogens is 1. The monoisotopic (exact) mass is 380 g/mol. The molecule has 0 spiro atoms. The Morgan fingerprint density at radius 1 is 1.21 bits per heavy atom. The Bertz CT molecular complexity index is 957. The van der Waals surface area contributed by atoms with Crippen LogP contribution in [-0.4, -0.2) is 69.7 Å². The molecule has 0 bridgehead atoms. The molecule has 126 valence electrons. The van der Waals surface area contributed by atoms with Crippen molar-refractivity contribution in [3.63, 3.8) is 0 Å². The van der Waals surface area contributed by atoms with Gasteiger partial charge in [0.25, 0.3) is 11.9 Å². The first-order valence-corrected chi connectivity index (χ1v) is 7.94. The number of nitrogens with zero attached hydrogens (tertiary/aromatic N) is 1. The lowest BCUT2D eigenvalue weighted by molar-refractivity contribution is -0.135. The van der Waals surface area contributed by atoms with E-state index in [1.54, 1.807) is 25.1 Å². The van der Waals surface area contributed by atoms with E-state index in [1.807, 2.05) is 5.32 Å². The molecule has 0 atom stereocenters. The predicted octanol–water partition coefficient (Wildman–Crippen LogP) is -1.89. The molecule has 1 N–H and O–H groups in total. The molecule has 2 aromatic rings. The molecule has 0 aliphatic carbocycles. The van der Waals surface area contributed by atoms with Gasteiger partial charge in [0.1, 0.15) is 37.1 Å². The van der Waals surface area contributed by atoms with Crippen molar-refractivity contribution in [3.05, 3.63) is 34.5 Å². The Morgan fingerprint density at radius 3 is 2.43 bits per heavy atom. The van der Waals surface area contributed by atoms with E-state index in [4.69, 9.17) is 63.7 Å². The van der Waals surface area contributed by atoms with E-state index in [2.05, 4.69) is 9.64 Å². The molecule has 1 aromatic carbocycles. The Kier molecular flexibility index (Phi) is 6.65. The Hall–Kier alpha value is -2.21. The van der Waals surface area contributed by atoms with E-state index in [1.165, 1.54) is 0 Å². The fourth-order valence-corrected chi connectivity index (χ4v) is 2.59. The summed E-state index contributed by atoms with van der Waals surface area (Å²) in [7, 11) is 33.0. The zero-order valence-electron chi connectivity index (χ0n) is 14.7. The molecule has 0 saturated carbocycles. The van der Waals surface area contributed by atoms with Crippen LogP contribution in [0.2, 0.25) is 5.02 Å². The van der Waals surface area contributed by atoms with Crippen LogP contribution in [0.4, 0.5) is 0 Å². The van der Waals surface area contributed by atoms with Crippen molar-refractivity contribution in [2.45, 2.75) is 12.3 Å². The minimum absolute atomic E-state index is 0.0911. The van der Waals surface area contributed by atoms with Crippen LogP contribution in [0, 0.1) is 6.92 Å². The molecule has 28 heavy (non-hydrogen) atoms. The van der Waals surface area contributed by atoms with Crippen LogP contribution >= 0.6 is 11.6 Å². The number of aromatic nitrogens is 1. The SMILES string of the molecule is [B]OC(=O)C([B])([B])NC(=O)c1nc([B])c(-c2cc(Cl)ccc2C)c([B])c1O[B]. The highest BCUT2D eigenvalue weighted by Gasteiger charge is 2.31. The fourth-order valence-electron chi connectivity index (χ4n) is 2.42. The van der Waals surface area contributed by atoms with Crippen molar-refractivity contribution in [2.24, 2.45) is 0 Å². The third-order valence-electron chi connectivity index (χ3n) is 3.78.